The summed E-state index contributed by atoms with van der Waals surface area (Å²) in [5.41, 5.74) is 36.8. The van der Waals surface area contributed by atoms with Crippen LogP contribution in [0.5, 0.6) is 0 Å². The predicted octanol–water partition coefficient (Wildman–Crippen LogP) is 38.4. The molecule has 0 radical (unpaired) electrons. The minimum absolute atomic E-state index is 0.0133. The number of nitrogens with zero attached hydrogens (tertiary/aromatic N) is 6. The Kier molecular flexibility index (Phi) is 18.0. The third-order valence-electron chi connectivity index (χ3n) is 31.6. The first-order chi connectivity index (χ1) is 71.7. The van der Waals surface area contributed by atoms with Crippen molar-refractivity contribution in [1.29, 1.82) is 0 Å². The van der Waals surface area contributed by atoms with Crippen LogP contribution in [0.25, 0.3) is 296 Å². The summed E-state index contributed by atoms with van der Waals surface area (Å²) in [6, 6.07) is 175. The summed E-state index contributed by atoms with van der Waals surface area (Å²) in [5, 5.41) is 31.5. The minimum atomic E-state index is -0.0133. The van der Waals surface area contributed by atoms with Gasteiger partial charge < -0.3 is 27.4 Å². The minimum Gasteiger partial charge on any atom is -0.335 e. The molecule has 6 heteroatoms. The zero-order valence-electron chi connectivity index (χ0n) is 81.7. The average Bonchev–Trinajstić information content (AvgIpc) is 1.55. The molecule has 26 aromatic carbocycles. The predicted molar refractivity (Wildman–Crippen MR) is 623 cm³/mol. The van der Waals surface area contributed by atoms with Crippen molar-refractivity contribution in [2.24, 2.45) is 0 Å². The first kappa shape index (κ1) is 83.4. The van der Waals surface area contributed by atoms with Gasteiger partial charge in [0.1, 0.15) is 0 Å². The fraction of sp³-hybridized carbons (Fsp3) is 0.0571. The molecule has 0 atom stereocenters. The fourth-order valence-corrected chi connectivity index (χ4v) is 25.7. The first-order valence-corrected chi connectivity index (χ1v) is 51.1. The second-order valence-corrected chi connectivity index (χ2v) is 42.2. The van der Waals surface area contributed by atoms with E-state index in [0.29, 0.717) is 0 Å². The molecule has 0 spiro atoms. The lowest BCUT2D eigenvalue weighted by molar-refractivity contribution is 0.423. The summed E-state index contributed by atoms with van der Waals surface area (Å²) in [6.45, 7) is 13.9. The highest BCUT2D eigenvalue weighted by Gasteiger charge is 2.31. The van der Waals surface area contributed by atoms with Gasteiger partial charge in [0.05, 0.1) is 66.2 Å². The molecule has 0 bridgehead atoms. The van der Waals surface area contributed by atoms with Gasteiger partial charge in [0.25, 0.3) is 0 Å². The largest absolute Gasteiger partial charge is 0.335 e. The van der Waals surface area contributed by atoms with Gasteiger partial charge in [-0.2, -0.15) is 0 Å². The molecule has 0 saturated heterocycles. The van der Waals surface area contributed by atoms with E-state index in [1.807, 2.05) is 0 Å². The van der Waals surface area contributed by atoms with E-state index in [1.165, 1.54) is 285 Å². The number of para-hydroxylation sites is 2. The Labute approximate surface area is 843 Å². The maximum atomic E-state index is 2.53. The van der Waals surface area contributed by atoms with Crippen molar-refractivity contribution in [2.45, 2.75) is 52.6 Å². The topological polar surface area (TPSA) is 29.6 Å². The van der Waals surface area contributed by atoms with Crippen LogP contribution in [0.2, 0.25) is 0 Å². The summed E-state index contributed by atoms with van der Waals surface area (Å²) in [5.74, 6) is 0. The van der Waals surface area contributed by atoms with E-state index in [9.17, 15) is 0 Å². The summed E-state index contributed by atoms with van der Waals surface area (Å²) in [7, 11) is 0. The van der Waals surface area contributed by atoms with E-state index in [2.05, 4.69) is 542 Å². The second-order valence-electron chi connectivity index (χ2n) is 42.2. The molecule has 0 aliphatic heterocycles. The van der Waals surface area contributed by atoms with Crippen LogP contribution in [0.1, 0.15) is 41.5 Å². The van der Waals surface area contributed by atoms with Crippen LogP contribution in [0, 0.1) is 0 Å². The monoisotopic (exact) mass is 1860 g/mol. The number of hydrogen-bond donors (Lipinski definition) is 0. The number of hydrogen-bond acceptors (Lipinski definition) is 0. The van der Waals surface area contributed by atoms with Crippen molar-refractivity contribution >= 4 is 195 Å². The number of benzene rings is 26. The lowest BCUT2D eigenvalue weighted by Crippen LogP contribution is -2.21. The summed E-state index contributed by atoms with van der Waals surface area (Å²) in [4.78, 5) is 0. The quantitative estimate of drug-likeness (QED) is 0.116. The molecule has 32 aromatic rings. The number of rotatable bonds is 11. The Morgan fingerprint density at radius 1 is 0.130 bits per heavy atom. The summed E-state index contributed by atoms with van der Waals surface area (Å²) < 4.78 is 14.9. The Morgan fingerprint density at radius 2 is 0.342 bits per heavy atom. The van der Waals surface area contributed by atoms with Gasteiger partial charge in [0.15, 0.2) is 0 Å². The normalized spacial score (nSPS) is 12.5. The van der Waals surface area contributed by atoms with E-state index < -0.39 is 0 Å². The van der Waals surface area contributed by atoms with Gasteiger partial charge >= 0.3 is 0 Å². The van der Waals surface area contributed by atoms with Crippen LogP contribution in [-0.2, 0) is 11.1 Å². The molecule has 0 fully saturated rings. The van der Waals surface area contributed by atoms with Crippen molar-refractivity contribution in [2.75, 3.05) is 0 Å². The Hall–Kier alpha value is -18.4. The molecular formula is C140H96N6. The van der Waals surface area contributed by atoms with Gasteiger partial charge in [0, 0.05) is 98.5 Å². The van der Waals surface area contributed by atoms with Gasteiger partial charge in [-0.25, -0.2) is 0 Å². The van der Waals surface area contributed by atoms with E-state index >= 15 is 0 Å². The van der Waals surface area contributed by atoms with Crippen molar-refractivity contribution in [1.82, 2.24) is 27.4 Å². The molecule has 32 rings (SSSR count). The molecule has 6 aromatic heterocycles. The highest BCUT2D eigenvalue weighted by molar-refractivity contribution is 6.33. The lowest BCUT2D eigenvalue weighted by Gasteiger charge is -2.24. The molecule has 0 aliphatic carbocycles. The van der Waals surface area contributed by atoms with Crippen LogP contribution in [0.3, 0.4) is 0 Å². The Bertz CT molecular complexity index is 10100. The second kappa shape index (κ2) is 31.6. The summed E-state index contributed by atoms with van der Waals surface area (Å²) in [6.07, 6.45) is 0. The summed E-state index contributed by atoms with van der Waals surface area (Å²) >= 11 is 0. The molecule has 686 valence electrons. The lowest BCUT2D eigenvalue weighted by atomic mass is 9.90. The van der Waals surface area contributed by atoms with Crippen LogP contribution < -0.4 is 0 Å². The Balaban J connectivity index is 0.000000107. The van der Waals surface area contributed by atoms with E-state index in [1.54, 1.807) is 0 Å². The van der Waals surface area contributed by atoms with Crippen LogP contribution in [0.15, 0.2) is 473 Å². The van der Waals surface area contributed by atoms with Crippen LogP contribution >= 0.6 is 0 Å². The molecule has 6 heterocycles. The first-order valence-electron chi connectivity index (χ1n) is 51.1. The van der Waals surface area contributed by atoms with Gasteiger partial charge in [-0.3, -0.25) is 0 Å². The Morgan fingerprint density at radius 3 is 0.610 bits per heavy atom. The van der Waals surface area contributed by atoms with Gasteiger partial charge in [-0.1, -0.05) is 315 Å². The third kappa shape index (κ3) is 12.6. The average molecular weight is 1860 g/mol. The van der Waals surface area contributed by atoms with Crippen molar-refractivity contribution < 1.29 is 0 Å². The van der Waals surface area contributed by atoms with Crippen LogP contribution in [-0.4, -0.2) is 27.4 Å². The third-order valence-corrected chi connectivity index (χ3v) is 31.6. The molecule has 146 heavy (non-hydrogen) atoms. The maximum absolute atomic E-state index is 2.53. The van der Waals surface area contributed by atoms with E-state index in [4.69, 9.17) is 0 Å². The molecular weight excluding hydrogens is 1770 g/mol. The SMILES string of the molecule is CC(C)(C)n1c2cccc3ccc4c(-c5ccc6c7c5ccc5cccc(c57)n6C(C)(C)C)ccc1c4c32.c1ccc(-c2cc(-c3ccccc3)cc(-n3c4cccc5ccc6cc(-c7cc8ccc9cccc%10c9c8c(c7)n%10-c7cc(-c8ccccc8)cc(-c8ccccc8)c7)cc3c6c54)c2)cc1.c1ccc(-n2c3cccc4ccc5cc(-c6cc7ccc8cccc9c8c7c(c6)n9-c6ccccc6)cc2c5c43)cc1. The molecule has 6 nitrogen and oxygen atoms in total. The molecule has 0 saturated carbocycles. The fourth-order valence-electron chi connectivity index (χ4n) is 25.7. The van der Waals surface area contributed by atoms with E-state index in [0.717, 1.165) is 11.4 Å². The standard InChI is InChI=1S/C64H40N2.C40H24N2.C36H32N2/c1-5-15-41(16-6-1)49-33-50(42-17-7-2-8-18-42)36-55(35-49)65-57-25-13-23-45-27-29-47-31-53(39-59(65)63(47)61(45)57)54-32-48-30-28-46-24-14-26-58-62(46)64(48)60(40-54)66(58)56-37-51(43-19-9-3-10-20-43)34-52(38-56)44-21-11-4-12-22-44;1-3-11-31(12-4-1)41-33-15-7-9-25-17-19-27-21-29(23-35(41)39(27)37(25)33)30-22-28-20-18-26-10-8-16-34-38(26)40(28)36(24-30)42(34)32-13-5-2-6-14-32;1-35(2,3)37-27-11-7-9-21-13-15-25-23(17-19-29(37)33(25)31(21)27)24-18-20-30-34-26(24)16-14-22-10-8-12-28(32(22)34)38(30)36(4,5)6/h1-40H;1-24H;7-20H,1-6H3. The van der Waals surface area contributed by atoms with Crippen LogP contribution in [0.4, 0.5) is 0 Å². The molecule has 0 N–H and O–H groups in total. The van der Waals surface area contributed by atoms with Crippen molar-refractivity contribution in [3.8, 4) is 101 Å². The van der Waals surface area contributed by atoms with Gasteiger partial charge in [-0.15, -0.1) is 0 Å². The highest BCUT2D eigenvalue weighted by Crippen LogP contribution is 2.53. The van der Waals surface area contributed by atoms with Crippen molar-refractivity contribution in [3.63, 3.8) is 0 Å². The zero-order chi connectivity index (χ0) is 96.8. The molecule has 0 aliphatic rings. The smallest absolute Gasteiger partial charge is 0.0553 e. The van der Waals surface area contributed by atoms with Gasteiger partial charge in [-0.05, 0) is 342 Å². The highest BCUT2D eigenvalue weighted by atomic mass is 15.1. The van der Waals surface area contributed by atoms with Gasteiger partial charge in [0.2, 0.25) is 0 Å². The van der Waals surface area contributed by atoms with Crippen molar-refractivity contribution in [3.05, 3.63) is 473 Å². The zero-order valence-corrected chi connectivity index (χ0v) is 81.7. The maximum Gasteiger partial charge on any atom is 0.0553 e. The molecule has 0 amide bonds. The van der Waals surface area contributed by atoms with E-state index in [-0.39, 0.29) is 11.1 Å². The number of aromatic nitrogens is 6. The molecule has 0 unspecified atom stereocenters.